The van der Waals surface area contributed by atoms with Gasteiger partial charge in [-0.05, 0) is 6.42 Å². The zero-order valence-electron chi connectivity index (χ0n) is 7.95. The highest BCUT2D eigenvalue weighted by molar-refractivity contribution is 5.91. The van der Waals surface area contributed by atoms with E-state index in [0.717, 1.165) is 19.5 Å². The molecule has 0 saturated carbocycles. The van der Waals surface area contributed by atoms with Gasteiger partial charge in [-0.2, -0.15) is 0 Å². The van der Waals surface area contributed by atoms with Crippen LogP contribution in [-0.4, -0.2) is 37.1 Å². The number of carbonyl (C=O) groups is 1. The summed E-state index contributed by atoms with van der Waals surface area (Å²) in [4.78, 5) is 13.0. The smallest absolute Gasteiger partial charge is 0.264 e. The fourth-order valence-corrected chi connectivity index (χ4v) is 1.38. The predicted octanol–water partition coefficient (Wildman–Crippen LogP) is 0.0978. The van der Waals surface area contributed by atoms with Crippen LogP contribution >= 0.6 is 0 Å². The van der Waals surface area contributed by atoms with E-state index in [-0.39, 0.29) is 5.91 Å². The maximum absolute atomic E-state index is 11.1. The standard InChI is InChI=1S/C9H16N2O2/c1-2-3-8(9(10)12)11-4-6-13-7-5-11/h3H,2,4-7H2,1H3,(H2,10,12)/b8-3-. The number of amides is 1. The van der Waals surface area contributed by atoms with Gasteiger partial charge >= 0.3 is 0 Å². The average molecular weight is 184 g/mol. The summed E-state index contributed by atoms with van der Waals surface area (Å²) >= 11 is 0. The first-order valence-corrected chi connectivity index (χ1v) is 4.58. The third kappa shape index (κ3) is 2.73. The highest BCUT2D eigenvalue weighted by atomic mass is 16.5. The van der Waals surface area contributed by atoms with Crippen LogP contribution in [0, 0.1) is 0 Å². The molecule has 13 heavy (non-hydrogen) atoms. The van der Waals surface area contributed by atoms with Crippen molar-refractivity contribution in [2.75, 3.05) is 26.3 Å². The minimum atomic E-state index is -0.344. The van der Waals surface area contributed by atoms with E-state index < -0.39 is 0 Å². The lowest BCUT2D eigenvalue weighted by atomic mass is 10.2. The second-order valence-corrected chi connectivity index (χ2v) is 2.96. The first-order chi connectivity index (χ1) is 6.25. The van der Waals surface area contributed by atoms with Gasteiger partial charge in [0.25, 0.3) is 5.91 Å². The molecule has 0 aromatic rings. The van der Waals surface area contributed by atoms with Crippen LogP contribution in [0.5, 0.6) is 0 Å². The zero-order valence-corrected chi connectivity index (χ0v) is 7.95. The fraction of sp³-hybridized carbons (Fsp3) is 0.667. The molecule has 4 nitrogen and oxygen atoms in total. The minimum Gasteiger partial charge on any atom is -0.378 e. The van der Waals surface area contributed by atoms with E-state index in [1.54, 1.807) is 0 Å². The molecule has 0 aliphatic carbocycles. The van der Waals surface area contributed by atoms with Crippen molar-refractivity contribution in [3.8, 4) is 0 Å². The Morgan fingerprint density at radius 1 is 1.54 bits per heavy atom. The van der Waals surface area contributed by atoms with E-state index in [2.05, 4.69) is 0 Å². The third-order valence-electron chi connectivity index (χ3n) is 2.00. The van der Waals surface area contributed by atoms with Gasteiger partial charge in [0.1, 0.15) is 0 Å². The molecule has 0 unspecified atom stereocenters. The monoisotopic (exact) mass is 184 g/mol. The third-order valence-corrected chi connectivity index (χ3v) is 2.00. The Morgan fingerprint density at radius 3 is 2.62 bits per heavy atom. The Labute approximate surface area is 78.3 Å². The first-order valence-electron chi connectivity index (χ1n) is 4.58. The largest absolute Gasteiger partial charge is 0.378 e. The molecule has 2 N–H and O–H groups in total. The van der Waals surface area contributed by atoms with Crippen molar-refractivity contribution in [1.29, 1.82) is 0 Å². The summed E-state index contributed by atoms with van der Waals surface area (Å²) in [5.74, 6) is -0.344. The van der Waals surface area contributed by atoms with Gasteiger partial charge in [-0.25, -0.2) is 0 Å². The molecular formula is C9H16N2O2. The summed E-state index contributed by atoms with van der Waals surface area (Å²) in [6, 6.07) is 0. The lowest BCUT2D eigenvalue weighted by molar-refractivity contribution is -0.116. The summed E-state index contributed by atoms with van der Waals surface area (Å²) < 4.78 is 5.19. The molecule has 0 radical (unpaired) electrons. The molecule has 1 heterocycles. The van der Waals surface area contributed by atoms with Gasteiger partial charge < -0.3 is 15.4 Å². The normalized spacial score (nSPS) is 18.8. The summed E-state index contributed by atoms with van der Waals surface area (Å²) in [5.41, 5.74) is 5.89. The molecule has 1 fully saturated rings. The molecule has 0 bridgehead atoms. The van der Waals surface area contributed by atoms with E-state index in [1.165, 1.54) is 0 Å². The van der Waals surface area contributed by atoms with Crippen LogP contribution < -0.4 is 5.73 Å². The number of nitrogens with zero attached hydrogens (tertiary/aromatic N) is 1. The van der Waals surface area contributed by atoms with E-state index in [1.807, 2.05) is 17.9 Å². The van der Waals surface area contributed by atoms with Gasteiger partial charge in [0.2, 0.25) is 0 Å². The molecule has 0 atom stereocenters. The number of carbonyl (C=O) groups excluding carboxylic acids is 1. The van der Waals surface area contributed by atoms with E-state index >= 15 is 0 Å². The van der Waals surface area contributed by atoms with Crippen LogP contribution in [0.4, 0.5) is 0 Å². The second kappa shape index (κ2) is 4.87. The molecule has 0 aromatic carbocycles. The van der Waals surface area contributed by atoms with Gasteiger partial charge in [-0.15, -0.1) is 0 Å². The number of primary amides is 1. The number of allylic oxidation sites excluding steroid dienone is 1. The van der Waals surface area contributed by atoms with Crippen molar-refractivity contribution >= 4 is 5.91 Å². The summed E-state index contributed by atoms with van der Waals surface area (Å²) in [6.07, 6.45) is 2.70. The van der Waals surface area contributed by atoms with E-state index in [0.29, 0.717) is 18.9 Å². The van der Waals surface area contributed by atoms with Gasteiger partial charge in [0, 0.05) is 13.1 Å². The van der Waals surface area contributed by atoms with E-state index in [9.17, 15) is 4.79 Å². The highest BCUT2D eigenvalue weighted by Crippen LogP contribution is 2.07. The van der Waals surface area contributed by atoms with Gasteiger partial charge in [0.15, 0.2) is 0 Å². The van der Waals surface area contributed by atoms with Crippen molar-refractivity contribution < 1.29 is 9.53 Å². The number of ether oxygens (including phenoxy) is 1. The van der Waals surface area contributed by atoms with Gasteiger partial charge in [-0.1, -0.05) is 13.0 Å². The summed E-state index contributed by atoms with van der Waals surface area (Å²) in [5, 5.41) is 0. The highest BCUT2D eigenvalue weighted by Gasteiger charge is 2.16. The lowest BCUT2D eigenvalue weighted by Crippen LogP contribution is -2.39. The molecule has 1 amide bonds. The van der Waals surface area contributed by atoms with Crippen molar-refractivity contribution in [1.82, 2.24) is 4.90 Å². The van der Waals surface area contributed by atoms with Crippen LogP contribution in [0.3, 0.4) is 0 Å². The molecule has 1 rings (SSSR count). The zero-order chi connectivity index (χ0) is 9.68. The number of morpholine rings is 1. The average Bonchev–Trinajstić information content (AvgIpc) is 2.15. The fourth-order valence-electron chi connectivity index (χ4n) is 1.38. The minimum absolute atomic E-state index is 0.344. The van der Waals surface area contributed by atoms with E-state index in [4.69, 9.17) is 10.5 Å². The first kappa shape index (κ1) is 10.1. The summed E-state index contributed by atoms with van der Waals surface area (Å²) in [6.45, 7) is 4.86. The molecule has 74 valence electrons. The molecular weight excluding hydrogens is 168 g/mol. The number of hydrogen-bond donors (Lipinski definition) is 1. The van der Waals surface area contributed by atoms with Crippen LogP contribution in [0.2, 0.25) is 0 Å². The number of rotatable bonds is 3. The Morgan fingerprint density at radius 2 is 2.15 bits per heavy atom. The SMILES string of the molecule is CC/C=C(/C(N)=O)N1CCOCC1. The topological polar surface area (TPSA) is 55.6 Å². The molecule has 1 aliphatic rings. The van der Waals surface area contributed by atoms with Crippen molar-refractivity contribution in [3.63, 3.8) is 0 Å². The molecule has 4 heteroatoms. The second-order valence-electron chi connectivity index (χ2n) is 2.96. The van der Waals surface area contributed by atoms with Gasteiger partial charge in [-0.3, -0.25) is 4.79 Å². The van der Waals surface area contributed by atoms with Crippen LogP contribution in [-0.2, 0) is 9.53 Å². The molecule has 1 aliphatic heterocycles. The Kier molecular flexibility index (Phi) is 3.76. The van der Waals surface area contributed by atoms with Crippen molar-refractivity contribution in [2.24, 2.45) is 5.73 Å². The Bertz CT molecular complexity index is 208. The Balaban J connectivity index is 2.63. The summed E-state index contributed by atoms with van der Waals surface area (Å²) in [7, 11) is 0. The van der Waals surface area contributed by atoms with Crippen LogP contribution in [0.15, 0.2) is 11.8 Å². The van der Waals surface area contributed by atoms with Gasteiger partial charge in [0.05, 0.1) is 18.9 Å². The predicted molar refractivity (Wildman–Crippen MR) is 50.0 cm³/mol. The quantitative estimate of drug-likeness (QED) is 0.633. The van der Waals surface area contributed by atoms with Crippen molar-refractivity contribution in [3.05, 3.63) is 11.8 Å². The Hall–Kier alpha value is -1.03. The molecule has 1 saturated heterocycles. The number of hydrogen-bond acceptors (Lipinski definition) is 3. The molecule has 0 spiro atoms. The number of nitrogens with two attached hydrogens (primary N) is 1. The van der Waals surface area contributed by atoms with Crippen LogP contribution in [0.25, 0.3) is 0 Å². The maximum Gasteiger partial charge on any atom is 0.264 e. The van der Waals surface area contributed by atoms with Crippen LogP contribution in [0.1, 0.15) is 13.3 Å². The lowest BCUT2D eigenvalue weighted by Gasteiger charge is -2.29. The maximum atomic E-state index is 11.1. The van der Waals surface area contributed by atoms with Crippen molar-refractivity contribution in [2.45, 2.75) is 13.3 Å². The molecule has 0 aromatic heterocycles.